The highest BCUT2D eigenvalue weighted by Crippen LogP contribution is 2.45. The highest BCUT2D eigenvalue weighted by Gasteiger charge is 2.32. The Morgan fingerprint density at radius 1 is 0.628 bits per heavy atom. The number of esters is 1. The number of fused-ring (bicyclic) bond motifs is 6. The predicted octanol–water partition coefficient (Wildman–Crippen LogP) is 7.43. The molecule has 0 saturated heterocycles. The van der Waals surface area contributed by atoms with E-state index in [9.17, 15) is 14.4 Å². The molecule has 4 aromatic carbocycles. The van der Waals surface area contributed by atoms with Crippen molar-refractivity contribution in [2.45, 2.75) is 38.1 Å². The lowest BCUT2D eigenvalue weighted by Crippen LogP contribution is -2.44. The molecule has 4 aromatic rings. The Kier molecular flexibility index (Phi) is 7.97. The van der Waals surface area contributed by atoms with Crippen LogP contribution >= 0.6 is 0 Å². The van der Waals surface area contributed by atoms with Gasteiger partial charge in [0, 0.05) is 11.8 Å². The Hall–Kier alpha value is -4.91. The van der Waals surface area contributed by atoms with Gasteiger partial charge in [0.2, 0.25) is 0 Å². The van der Waals surface area contributed by atoms with Crippen LogP contribution in [-0.4, -0.2) is 37.5 Å². The van der Waals surface area contributed by atoms with Crippen LogP contribution in [0.4, 0.5) is 9.59 Å². The number of hydrogen-bond donors (Lipinski definition) is 1. The minimum atomic E-state index is -1.10. The van der Waals surface area contributed by atoms with Crippen molar-refractivity contribution in [3.63, 3.8) is 0 Å². The minimum absolute atomic E-state index is 0.0226. The van der Waals surface area contributed by atoms with Crippen molar-refractivity contribution in [2.75, 3.05) is 13.2 Å². The topological polar surface area (TPSA) is 90.9 Å². The molecule has 0 radical (unpaired) electrons. The van der Waals surface area contributed by atoms with Gasteiger partial charge in [-0.3, -0.25) is 0 Å². The van der Waals surface area contributed by atoms with E-state index in [1.165, 1.54) is 0 Å². The molecular formula is C36H33NO6. The van der Waals surface area contributed by atoms with Gasteiger partial charge in [-0.25, -0.2) is 14.4 Å². The molecule has 6 rings (SSSR count). The maximum Gasteiger partial charge on any atom is 0.516 e. The zero-order valence-corrected chi connectivity index (χ0v) is 24.1. The number of carbonyl (C=O) groups excluding carboxylic acids is 3. The zero-order valence-electron chi connectivity index (χ0n) is 24.1. The number of rotatable bonds is 8. The fourth-order valence-corrected chi connectivity index (χ4v) is 6.24. The second-order valence-electron chi connectivity index (χ2n) is 11.4. The maximum absolute atomic E-state index is 13.0. The quantitative estimate of drug-likeness (QED) is 0.174. The van der Waals surface area contributed by atoms with Gasteiger partial charge in [0.25, 0.3) is 0 Å². The van der Waals surface area contributed by atoms with Gasteiger partial charge in [0.1, 0.15) is 19.3 Å². The Balaban J connectivity index is 1.06. The van der Waals surface area contributed by atoms with Crippen molar-refractivity contribution < 1.29 is 28.6 Å². The molecule has 0 heterocycles. The first kappa shape index (κ1) is 28.2. The van der Waals surface area contributed by atoms with Gasteiger partial charge in [-0.2, -0.15) is 0 Å². The lowest BCUT2D eigenvalue weighted by atomic mass is 9.98. The lowest BCUT2D eigenvalue weighted by molar-refractivity contribution is -0.142. The van der Waals surface area contributed by atoms with Crippen molar-refractivity contribution in [1.82, 2.24) is 5.32 Å². The van der Waals surface area contributed by atoms with Gasteiger partial charge in [-0.15, -0.1) is 0 Å². The molecule has 218 valence electrons. The third-order valence-corrected chi connectivity index (χ3v) is 8.14. The molecule has 43 heavy (non-hydrogen) atoms. The molecule has 2 aliphatic rings. The fraction of sp³-hybridized carbons (Fsp3) is 0.250. The molecule has 2 aliphatic carbocycles. The number of ether oxygens (including phenoxy) is 3. The van der Waals surface area contributed by atoms with E-state index in [1.54, 1.807) is 0 Å². The number of hydrogen-bond acceptors (Lipinski definition) is 6. The van der Waals surface area contributed by atoms with Crippen LogP contribution in [0.1, 0.15) is 54.4 Å². The highest BCUT2D eigenvalue weighted by atomic mass is 16.7. The van der Waals surface area contributed by atoms with Gasteiger partial charge in [-0.1, -0.05) is 111 Å². The molecule has 1 atom stereocenters. The first-order valence-electron chi connectivity index (χ1n) is 14.6. The van der Waals surface area contributed by atoms with E-state index in [1.807, 2.05) is 98.8 Å². The largest absolute Gasteiger partial charge is 0.516 e. The lowest BCUT2D eigenvalue weighted by Gasteiger charge is -2.20. The van der Waals surface area contributed by atoms with Crippen molar-refractivity contribution >= 4 is 18.2 Å². The summed E-state index contributed by atoms with van der Waals surface area (Å²) in [6.07, 6.45) is -1.59. The smallest absolute Gasteiger partial charge is 0.449 e. The summed E-state index contributed by atoms with van der Waals surface area (Å²) < 4.78 is 16.1. The maximum atomic E-state index is 13.0. The van der Waals surface area contributed by atoms with Crippen LogP contribution < -0.4 is 5.32 Å². The molecule has 0 spiro atoms. The third-order valence-electron chi connectivity index (χ3n) is 8.14. The Labute approximate surface area is 250 Å². The monoisotopic (exact) mass is 575 g/mol. The van der Waals surface area contributed by atoms with E-state index in [0.717, 1.165) is 44.5 Å². The van der Waals surface area contributed by atoms with Crippen LogP contribution in [0.5, 0.6) is 0 Å². The van der Waals surface area contributed by atoms with Crippen molar-refractivity contribution in [3.05, 3.63) is 119 Å². The number of nitrogens with one attached hydrogen (secondary N) is 1. The molecule has 0 saturated carbocycles. The van der Waals surface area contributed by atoms with Gasteiger partial charge in [0.05, 0.1) is 0 Å². The second kappa shape index (κ2) is 12.1. The summed E-state index contributed by atoms with van der Waals surface area (Å²) in [5.74, 6) is -1.14. The SMILES string of the molecule is CC(C)C[C@H](NC(=O)OCC1c2ccccc2-c2ccccc21)C(=O)OC(=O)OCC1c2ccccc2-c2ccccc21. The summed E-state index contributed by atoms with van der Waals surface area (Å²) in [5.41, 5.74) is 8.72. The van der Waals surface area contributed by atoms with Crippen LogP contribution in [0.2, 0.25) is 0 Å². The molecule has 7 nitrogen and oxygen atoms in total. The normalized spacial score (nSPS) is 13.8. The summed E-state index contributed by atoms with van der Waals surface area (Å²) in [6, 6.07) is 31.0. The van der Waals surface area contributed by atoms with Crippen molar-refractivity contribution in [2.24, 2.45) is 5.92 Å². The van der Waals surface area contributed by atoms with Gasteiger partial charge in [-0.05, 0) is 56.8 Å². The Morgan fingerprint density at radius 3 is 1.44 bits per heavy atom. The number of benzene rings is 4. The molecule has 0 aliphatic heterocycles. The molecule has 0 unspecified atom stereocenters. The summed E-state index contributed by atoms with van der Waals surface area (Å²) in [7, 11) is 0. The molecule has 0 bridgehead atoms. The van der Waals surface area contributed by atoms with E-state index < -0.39 is 24.3 Å². The average molecular weight is 576 g/mol. The predicted molar refractivity (Wildman–Crippen MR) is 163 cm³/mol. The van der Waals surface area contributed by atoms with E-state index >= 15 is 0 Å². The standard InChI is InChI=1S/C36H33NO6/c1-22(2)19-33(37-35(39)41-20-31-27-15-7-3-11-23(27)24-12-4-8-16-28(24)31)34(38)43-36(40)42-21-32-29-17-9-5-13-25(29)26-14-6-10-18-30(26)32/h3-18,22,31-33H,19-21H2,1-2H3,(H,37,39)/t33-/m0/s1. The average Bonchev–Trinajstić information content (AvgIpc) is 3.51. The third kappa shape index (κ3) is 5.75. The van der Waals surface area contributed by atoms with E-state index in [0.29, 0.717) is 0 Å². The number of alkyl carbamates (subject to hydrolysis) is 1. The van der Waals surface area contributed by atoms with Gasteiger partial charge < -0.3 is 19.5 Å². The van der Waals surface area contributed by atoms with E-state index in [-0.39, 0.29) is 37.4 Å². The van der Waals surface area contributed by atoms with Crippen molar-refractivity contribution in [1.29, 1.82) is 0 Å². The first-order chi connectivity index (χ1) is 20.9. The van der Waals surface area contributed by atoms with Crippen LogP contribution in [0.25, 0.3) is 22.3 Å². The summed E-state index contributed by atoms with van der Waals surface area (Å²) in [6.45, 7) is 3.95. The van der Waals surface area contributed by atoms with Crippen molar-refractivity contribution in [3.8, 4) is 22.3 Å². The number of carbonyl (C=O) groups is 3. The van der Waals surface area contributed by atoms with Crippen LogP contribution in [0.15, 0.2) is 97.1 Å². The number of amides is 1. The van der Waals surface area contributed by atoms with Gasteiger partial charge in [0.15, 0.2) is 0 Å². The zero-order chi connectivity index (χ0) is 29.9. The summed E-state index contributed by atoms with van der Waals surface area (Å²) in [4.78, 5) is 38.5. The Morgan fingerprint density at radius 2 is 1.02 bits per heavy atom. The first-order valence-corrected chi connectivity index (χ1v) is 14.6. The minimum Gasteiger partial charge on any atom is -0.449 e. The van der Waals surface area contributed by atoms with E-state index in [4.69, 9.17) is 14.2 Å². The van der Waals surface area contributed by atoms with Crippen LogP contribution in [0, 0.1) is 5.92 Å². The van der Waals surface area contributed by atoms with Crippen LogP contribution in [-0.2, 0) is 19.0 Å². The highest BCUT2D eigenvalue weighted by molar-refractivity contribution is 5.88. The van der Waals surface area contributed by atoms with Crippen LogP contribution in [0.3, 0.4) is 0 Å². The van der Waals surface area contributed by atoms with E-state index in [2.05, 4.69) is 17.4 Å². The Bertz CT molecular complexity index is 1590. The molecular weight excluding hydrogens is 542 g/mol. The summed E-state index contributed by atoms with van der Waals surface area (Å²) in [5, 5.41) is 2.61. The molecule has 7 heteroatoms. The molecule has 1 N–H and O–H groups in total. The second-order valence-corrected chi connectivity index (χ2v) is 11.4. The van der Waals surface area contributed by atoms with Gasteiger partial charge >= 0.3 is 18.2 Å². The molecule has 1 amide bonds. The fourth-order valence-electron chi connectivity index (χ4n) is 6.24. The molecule has 0 fully saturated rings. The summed E-state index contributed by atoms with van der Waals surface area (Å²) >= 11 is 0. The molecule has 0 aromatic heterocycles.